The van der Waals surface area contributed by atoms with Crippen LogP contribution >= 0.6 is 22.9 Å². The summed E-state index contributed by atoms with van der Waals surface area (Å²) in [4.78, 5) is 1.16. The molecule has 0 bridgehead atoms. The summed E-state index contributed by atoms with van der Waals surface area (Å²) in [5.74, 6) is 0. The van der Waals surface area contributed by atoms with Crippen molar-refractivity contribution in [1.82, 2.24) is 5.32 Å². The molecule has 4 heteroatoms. The number of hydrogen-bond donors (Lipinski definition) is 1. The molecular formula is C14H13ClN2S. The molecule has 1 aromatic heterocycles. The molecule has 1 heterocycles. The Morgan fingerprint density at radius 2 is 2.22 bits per heavy atom. The van der Waals surface area contributed by atoms with Crippen LogP contribution in [0.4, 0.5) is 0 Å². The zero-order valence-electron chi connectivity index (χ0n) is 9.98. The third-order valence-electron chi connectivity index (χ3n) is 2.74. The molecule has 2 aromatic rings. The lowest BCUT2D eigenvalue weighted by molar-refractivity contribution is 0.579. The van der Waals surface area contributed by atoms with E-state index in [0.29, 0.717) is 0 Å². The van der Waals surface area contributed by atoms with Crippen molar-refractivity contribution >= 4 is 22.9 Å². The van der Waals surface area contributed by atoms with E-state index in [4.69, 9.17) is 16.9 Å². The minimum Gasteiger partial charge on any atom is -0.305 e. The fourth-order valence-electron chi connectivity index (χ4n) is 1.72. The summed E-state index contributed by atoms with van der Waals surface area (Å²) < 4.78 is 0. The van der Waals surface area contributed by atoms with Crippen molar-refractivity contribution in [2.45, 2.75) is 19.5 Å². The molecule has 0 aliphatic rings. The summed E-state index contributed by atoms with van der Waals surface area (Å²) >= 11 is 7.74. The summed E-state index contributed by atoms with van der Waals surface area (Å²) in [5.41, 5.74) is 1.82. The lowest BCUT2D eigenvalue weighted by Gasteiger charge is -2.14. The number of nitrogens with one attached hydrogen (secondary N) is 1. The summed E-state index contributed by atoms with van der Waals surface area (Å²) in [6.07, 6.45) is 0. The van der Waals surface area contributed by atoms with Crippen LogP contribution in [-0.4, -0.2) is 0 Å². The third-order valence-corrected chi connectivity index (χ3v) is 4.02. The molecule has 18 heavy (non-hydrogen) atoms. The van der Waals surface area contributed by atoms with Crippen molar-refractivity contribution in [2.75, 3.05) is 0 Å². The lowest BCUT2D eigenvalue weighted by atomic mass is 10.1. The first-order chi connectivity index (χ1) is 8.70. The summed E-state index contributed by atoms with van der Waals surface area (Å²) in [5, 5.41) is 14.8. The molecular weight excluding hydrogens is 264 g/mol. The van der Waals surface area contributed by atoms with Gasteiger partial charge in [0.2, 0.25) is 0 Å². The van der Waals surface area contributed by atoms with Crippen LogP contribution in [0.25, 0.3) is 0 Å². The first-order valence-corrected chi connectivity index (χ1v) is 6.92. The van der Waals surface area contributed by atoms with Gasteiger partial charge in [-0.15, -0.1) is 11.3 Å². The largest absolute Gasteiger partial charge is 0.305 e. The number of hydrogen-bond acceptors (Lipinski definition) is 3. The van der Waals surface area contributed by atoms with Crippen molar-refractivity contribution in [3.63, 3.8) is 0 Å². The molecule has 0 aliphatic carbocycles. The first kappa shape index (κ1) is 13.1. The molecule has 0 spiro atoms. The predicted octanol–water partition coefficient (Wildman–Crippen LogP) is 4.12. The Bertz CT molecular complexity index is 571. The maximum absolute atomic E-state index is 8.76. The van der Waals surface area contributed by atoms with Gasteiger partial charge in [-0.05, 0) is 24.6 Å². The SMILES string of the molecule is CC(NCc1cc(C#N)cs1)c1ccccc1Cl. The number of nitriles is 1. The van der Waals surface area contributed by atoms with Gasteiger partial charge in [0, 0.05) is 27.9 Å². The normalized spacial score (nSPS) is 12.1. The highest BCUT2D eigenvalue weighted by Crippen LogP contribution is 2.23. The highest BCUT2D eigenvalue weighted by Gasteiger charge is 2.08. The molecule has 0 saturated heterocycles. The average Bonchev–Trinajstić information content (AvgIpc) is 2.84. The molecule has 0 radical (unpaired) electrons. The Labute approximate surface area is 116 Å². The predicted molar refractivity (Wildman–Crippen MR) is 75.7 cm³/mol. The van der Waals surface area contributed by atoms with Crippen LogP contribution in [0.2, 0.25) is 5.02 Å². The fraction of sp³-hybridized carbons (Fsp3) is 0.214. The van der Waals surface area contributed by atoms with Crippen LogP contribution < -0.4 is 5.32 Å². The van der Waals surface area contributed by atoms with Gasteiger partial charge in [-0.2, -0.15) is 5.26 Å². The van der Waals surface area contributed by atoms with Crippen LogP contribution in [0.3, 0.4) is 0 Å². The van der Waals surface area contributed by atoms with Gasteiger partial charge in [-0.25, -0.2) is 0 Å². The van der Waals surface area contributed by atoms with Gasteiger partial charge in [-0.3, -0.25) is 0 Å². The standard InChI is InChI=1S/C14H13ClN2S/c1-10(13-4-2-3-5-14(13)15)17-8-12-6-11(7-16)9-18-12/h2-6,9-10,17H,8H2,1H3. The summed E-state index contributed by atoms with van der Waals surface area (Å²) in [6, 6.07) is 12.1. The molecule has 1 N–H and O–H groups in total. The second-order valence-electron chi connectivity index (χ2n) is 4.04. The van der Waals surface area contributed by atoms with Crippen LogP contribution in [0.15, 0.2) is 35.7 Å². The van der Waals surface area contributed by atoms with E-state index in [2.05, 4.69) is 18.3 Å². The van der Waals surface area contributed by atoms with Gasteiger partial charge in [0.05, 0.1) is 5.56 Å². The third kappa shape index (κ3) is 3.11. The van der Waals surface area contributed by atoms with E-state index in [-0.39, 0.29) is 6.04 Å². The molecule has 0 fully saturated rings. The molecule has 92 valence electrons. The van der Waals surface area contributed by atoms with Crippen LogP contribution in [0.1, 0.15) is 29.0 Å². The van der Waals surface area contributed by atoms with E-state index < -0.39 is 0 Å². The van der Waals surface area contributed by atoms with Gasteiger partial charge in [0.25, 0.3) is 0 Å². The number of nitrogens with zero attached hydrogens (tertiary/aromatic N) is 1. The highest BCUT2D eigenvalue weighted by molar-refractivity contribution is 7.10. The Morgan fingerprint density at radius 1 is 1.44 bits per heavy atom. The maximum atomic E-state index is 8.76. The van der Waals surface area contributed by atoms with Crippen molar-refractivity contribution in [2.24, 2.45) is 0 Å². The summed E-state index contributed by atoms with van der Waals surface area (Å²) in [6.45, 7) is 2.83. The van der Waals surface area contributed by atoms with Gasteiger partial charge in [-0.1, -0.05) is 29.8 Å². The zero-order chi connectivity index (χ0) is 13.0. The van der Waals surface area contributed by atoms with Gasteiger partial charge >= 0.3 is 0 Å². The van der Waals surface area contributed by atoms with E-state index in [0.717, 1.165) is 27.6 Å². The number of benzene rings is 1. The second kappa shape index (κ2) is 6.01. The molecule has 0 amide bonds. The second-order valence-corrected chi connectivity index (χ2v) is 5.44. The van der Waals surface area contributed by atoms with Gasteiger partial charge in [0.15, 0.2) is 0 Å². The van der Waals surface area contributed by atoms with Crippen LogP contribution in [-0.2, 0) is 6.54 Å². The van der Waals surface area contributed by atoms with E-state index in [1.807, 2.05) is 35.7 Å². The number of halogens is 1. The molecule has 0 saturated carbocycles. The Balaban J connectivity index is 1.98. The highest BCUT2D eigenvalue weighted by atomic mass is 35.5. The Kier molecular flexibility index (Phi) is 4.38. The monoisotopic (exact) mass is 276 g/mol. The van der Waals surface area contributed by atoms with E-state index in [1.165, 1.54) is 0 Å². The van der Waals surface area contributed by atoms with Crippen molar-refractivity contribution in [3.8, 4) is 6.07 Å². The van der Waals surface area contributed by atoms with E-state index in [1.54, 1.807) is 11.3 Å². The summed E-state index contributed by atoms with van der Waals surface area (Å²) in [7, 11) is 0. The van der Waals surface area contributed by atoms with Crippen molar-refractivity contribution < 1.29 is 0 Å². The van der Waals surface area contributed by atoms with Gasteiger partial charge < -0.3 is 5.32 Å². The quantitative estimate of drug-likeness (QED) is 0.912. The average molecular weight is 277 g/mol. The molecule has 1 aromatic carbocycles. The number of thiophene rings is 1. The fourth-order valence-corrected chi connectivity index (χ4v) is 2.78. The Hall–Kier alpha value is -1.34. The maximum Gasteiger partial charge on any atom is 0.100 e. The minimum absolute atomic E-state index is 0.186. The van der Waals surface area contributed by atoms with Crippen molar-refractivity contribution in [3.05, 3.63) is 56.7 Å². The molecule has 2 rings (SSSR count). The zero-order valence-corrected chi connectivity index (χ0v) is 11.6. The van der Waals surface area contributed by atoms with E-state index in [9.17, 15) is 0 Å². The van der Waals surface area contributed by atoms with E-state index >= 15 is 0 Å². The topological polar surface area (TPSA) is 35.8 Å². The van der Waals surface area contributed by atoms with Crippen LogP contribution in [0.5, 0.6) is 0 Å². The van der Waals surface area contributed by atoms with Gasteiger partial charge in [0.1, 0.15) is 6.07 Å². The first-order valence-electron chi connectivity index (χ1n) is 5.66. The number of rotatable bonds is 4. The molecule has 1 atom stereocenters. The van der Waals surface area contributed by atoms with Crippen molar-refractivity contribution in [1.29, 1.82) is 5.26 Å². The lowest BCUT2D eigenvalue weighted by Crippen LogP contribution is -2.17. The smallest absolute Gasteiger partial charge is 0.100 e. The molecule has 0 aliphatic heterocycles. The van der Waals surface area contributed by atoms with Crippen LogP contribution in [0, 0.1) is 11.3 Å². The Morgan fingerprint density at radius 3 is 2.89 bits per heavy atom. The molecule has 2 nitrogen and oxygen atoms in total. The molecule has 1 unspecified atom stereocenters. The minimum atomic E-state index is 0.186.